The van der Waals surface area contributed by atoms with Crippen LogP contribution in [0.2, 0.25) is 0 Å². The van der Waals surface area contributed by atoms with Crippen molar-refractivity contribution in [2.24, 2.45) is 0 Å². The zero-order valence-electron chi connectivity index (χ0n) is 17.2. The number of halogens is 5. The Morgan fingerprint density at radius 2 is 1.70 bits per heavy atom. The third-order valence-corrected chi connectivity index (χ3v) is 4.85. The van der Waals surface area contributed by atoms with Crippen molar-refractivity contribution >= 4 is 16.7 Å². The standard InChI is InChI=1S/C23H17F5N4O/c1-13(32-22-20-17(24)6-7-18(25)21(20)30-12-31-22)10-14-2-4-15(5-3-14)33-19-11-29-9-8-16(19)23(26,27)28/h2-9,11-13H,10H2,1H3,(H,30,31,32). The Kier molecular flexibility index (Phi) is 6.08. The molecule has 10 heteroatoms. The van der Waals surface area contributed by atoms with Crippen LogP contribution >= 0.6 is 0 Å². The van der Waals surface area contributed by atoms with Crippen LogP contribution in [-0.2, 0) is 12.6 Å². The van der Waals surface area contributed by atoms with Crippen molar-refractivity contribution in [2.75, 3.05) is 5.32 Å². The highest BCUT2D eigenvalue weighted by molar-refractivity contribution is 5.89. The first-order chi connectivity index (χ1) is 15.7. The maximum Gasteiger partial charge on any atom is 0.420 e. The van der Waals surface area contributed by atoms with E-state index in [0.29, 0.717) is 6.42 Å². The van der Waals surface area contributed by atoms with Gasteiger partial charge in [-0.2, -0.15) is 13.2 Å². The summed E-state index contributed by atoms with van der Waals surface area (Å²) in [5.74, 6) is -1.30. The van der Waals surface area contributed by atoms with E-state index < -0.39 is 29.1 Å². The largest absolute Gasteiger partial charge is 0.455 e. The fourth-order valence-electron chi connectivity index (χ4n) is 3.36. The molecule has 4 aromatic rings. The lowest BCUT2D eigenvalue weighted by atomic mass is 10.1. The monoisotopic (exact) mass is 460 g/mol. The van der Waals surface area contributed by atoms with Gasteiger partial charge < -0.3 is 10.1 Å². The van der Waals surface area contributed by atoms with Gasteiger partial charge in [0.1, 0.15) is 40.6 Å². The number of fused-ring (bicyclic) bond motifs is 1. The maximum atomic E-state index is 14.3. The summed E-state index contributed by atoms with van der Waals surface area (Å²) in [4.78, 5) is 11.5. The molecule has 2 aromatic heterocycles. The number of benzene rings is 2. The van der Waals surface area contributed by atoms with Gasteiger partial charge in [-0.1, -0.05) is 12.1 Å². The van der Waals surface area contributed by atoms with Crippen LogP contribution in [-0.4, -0.2) is 21.0 Å². The van der Waals surface area contributed by atoms with Crippen molar-refractivity contribution in [3.8, 4) is 11.5 Å². The molecule has 0 bridgehead atoms. The zero-order chi connectivity index (χ0) is 23.6. The van der Waals surface area contributed by atoms with Gasteiger partial charge in [0.15, 0.2) is 5.75 Å². The number of nitrogens with zero attached hydrogens (tertiary/aromatic N) is 3. The van der Waals surface area contributed by atoms with E-state index in [9.17, 15) is 22.0 Å². The lowest BCUT2D eigenvalue weighted by Crippen LogP contribution is -2.19. The van der Waals surface area contributed by atoms with E-state index in [0.717, 1.165) is 42.5 Å². The van der Waals surface area contributed by atoms with Crippen molar-refractivity contribution in [2.45, 2.75) is 25.6 Å². The lowest BCUT2D eigenvalue weighted by molar-refractivity contribution is -0.138. The quantitative estimate of drug-likeness (QED) is 0.350. The first-order valence-electron chi connectivity index (χ1n) is 9.85. The molecule has 1 unspecified atom stereocenters. The number of aromatic nitrogens is 3. The molecule has 170 valence electrons. The molecule has 5 nitrogen and oxygen atoms in total. The molecule has 2 heterocycles. The fourth-order valence-corrected chi connectivity index (χ4v) is 3.36. The van der Waals surface area contributed by atoms with Gasteiger partial charge in [0.2, 0.25) is 0 Å². The Morgan fingerprint density at radius 3 is 2.42 bits per heavy atom. The zero-order valence-corrected chi connectivity index (χ0v) is 17.2. The number of alkyl halides is 3. The minimum absolute atomic E-state index is 0.0370. The third kappa shape index (κ3) is 5.00. The molecule has 1 N–H and O–H groups in total. The summed E-state index contributed by atoms with van der Waals surface area (Å²) in [7, 11) is 0. The van der Waals surface area contributed by atoms with E-state index in [-0.39, 0.29) is 28.5 Å². The maximum absolute atomic E-state index is 14.3. The number of ether oxygens (including phenoxy) is 1. The highest BCUT2D eigenvalue weighted by Crippen LogP contribution is 2.37. The summed E-state index contributed by atoms with van der Waals surface area (Å²) < 4.78 is 72.9. The fraction of sp³-hybridized carbons (Fsp3) is 0.174. The van der Waals surface area contributed by atoms with Gasteiger partial charge in [0, 0.05) is 12.2 Å². The van der Waals surface area contributed by atoms with Gasteiger partial charge in [0.25, 0.3) is 0 Å². The van der Waals surface area contributed by atoms with Gasteiger partial charge in [0.05, 0.1) is 11.6 Å². The second-order valence-electron chi connectivity index (χ2n) is 7.34. The molecule has 2 aromatic carbocycles. The molecule has 0 amide bonds. The summed E-state index contributed by atoms with van der Waals surface area (Å²) >= 11 is 0. The second-order valence-corrected chi connectivity index (χ2v) is 7.34. The Morgan fingerprint density at radius 1 is 0.970 bits per heavy atom. The van der Waals surface area contributed by atoms with Crippen LogP contribution < -0.4 is 10.1 Å². The van der Waals surface area contributed by atoms with Gasteiger partial charge in [-0.15, -0.1) is 0 Å². The highest BCUT2D eigenvalue weighted by atomic mass is 19.4. The van der Waals surface area contributed by atoms with Crippen LogP contribution in [0.5, 0.6) is 11.5 Å². The van der Waals surface area contributed by atoms with Crippen LogP contribution in [0.4, 0.5) is 27.8 Å². The molecule has 0 aliphatic heterocycles. The molecular formula is C23H17F5N4O. The van der Waals surface area contributed by atoms with Crippen molar-refractivity contribution in [1.82, 2.24) is 15.0 Å². The van der Waals surface area contributed by atoms with Crippen molar-refractivity contribution in [3.63, 3.8) is 0 Å². The summed E-state index contributed by atoms with van der Waals surface area (Å²) in [6.45, 7) is 1.83. The van der Waals surface area contributed by atoms with Crippen molar-refractivity contribution in [3.05, 3.63) is 83.9 Å². The number of nitrogens with one attached hydrogen (secondary N) is 1. The summed E-state index contributed by atoms with van der Waals surface area (Å²) in [5.41, 5.74) is -0.190. The van der Waals surface area contributed by atoms with Gasteiger partial charge in [-0.25, -0.2) is 18.7 Å². The van der Waals surface area contributed by atoms with Crippen molar-refractivity contribution < 1.29 is 26.7 Å². The van der Waals surface area contributed by atoms with E-state index in [1.54, 1.807) is 24.3 Å². The SMILES string of the molecule is CC(Cc1ccc(Oc2cnccc2C(F)(F)F)cc1)Nc1ncnc2c(F)ccc(F)c12. The van der Waals surface area contributed by atoms with Crippen LogP contribution in [0.3, 0.4) is 0 Å². The van der Waals surface area contributed by atoms with E-state index in [1.807, 2.05) is 6.92 Å². The number of hydrogen-bond donors (Lipinski definition) is 1. The van der Waals surface area contributed by atoms with Crippen LogP contribution in [0.25, 0.3) is 10.9 Å². The first-order valence-corrected chi connectivity index (χ1v) is 9.85. The minimum Gasteiger partial charge on any atom is -0.455 e. The molecule has 4 rings (SSSR count). The average Bonchev–Trinajstić information content (AvgIpc) is 2.77. The smallest absolute Gasteiger partial charge is 0.420 e. The van der Waals surface area contributed by atoms with E-state index >= 15 is 0 Å². The summed E-state index contributed by atoms with van der Waals surface area (Å²) in [6, 6.07) is 9.14. The van der Waals surface area contributed by atoms with Crippen LogP contribution in [0.15, 0.2) is 61.2 Å². The number of hydrogen-bond acceptors (Lipinski definition) is 5. The normalized spacial score (nSPS) is 12.5. The predicted molar refractivity (Wildman–Crippen MR) is 112 cm³/mol. The molecule has 0 radical (unpaired) electrons. The Balaban J connectivity index is 1.46. The highest BCUT2D eigenvalue weighted by Gasteiger charge is 2.34. The molecular weight excluding hydrogens is 443 g/mol. The third-order valence-electron chi connectivity index (χ3n) is 4.85. The van der Waals surface area contributed by atoms with E-state index in [1.165, 1.54) is 0 Å². The molecule has 0 saturated carbocycles. The molecule has 1 atom stereocenters. The van der Waals surface area contributed by atoms with Crippen LogP contribution in [0, 0.1) is 11.6 Å². The minimum atomic E-state index is -4.56. The Hall–Kier alpha value is -3.82. The molecule has 0 fully saturated rings. The number of anilines is 1. The number of pyridine rings is 1. The molecule has 0 aliphatic rings. The Labute approximate surface area is 185 Å². The molecule has 33 heavy (non-hydrogen) atoms. The average molecular weight is 460 g/mol. The second kappa shape index (κ2) is 8.97. The molecule has 0 spiro atoms. The van der Waals surface area contributed by atoms with E-state index in [2.05, 4.69) is 20.3 Å². The predicted octanol–water partition coefficient (Wildman–Crippen LogP) is 6.16. The van der Waals surface area contributed by atoms with E-state index in [4.69, 9.17) is 4.74 Å². The lowest BCUT2D eigenvalue weighted by Gasteiger charge is -2.17. The van der Waals surface area contributed by atoms with Gasteiger partial charge >= 0.3 is 6.18 Å². The summed E-state index contributed by atoms with van der Waals surface area (Å²) in [6.07, 6.45) is -0.874. The first kappa shape index (κ1) is 22.4. The molecule has 0 saturated heterocycles. The van der Waals surface area contributed by atoms with Gasteiger partial charge in [-0.05, 0) is 49.2 Å². The van der Waals surface area contributed by atoms with Crippen LogP contribution in [0.1, 0.15) is 18.1 Å². The molecule has 0 aliphatic carbocycles. The topological polar surface area (TPSA) is 59.9 Å². The summed E-state index contributed by atoms with van der Waals surface area (Å²) in [5, 5.41) is 3.02. The van der Waals surface area contributed by atoms with Gasteiger partial charge in [-0.3, -0.25) is 4.98 Å². The number of rotatable bonds is 6. The van der Waals surface area contributed by atoms with Crippen molar-refractivity contribution in [1.29, 1.82) is 0 Å². The Bertz CT molecular complexity index is 1280.